The molecule has 1 aliphatic rings. The summed E-state index contributed by atoms with van der Waals surface area (Å²) in [5, 5.41) is 48.8. The van der Waals surface area contributed by atoms with Crippen LogP contribution in [0.4, 0.5) is 0 Å². The molecule has 1 unspecified atom stereocenters. The van der Waals surface area contributed by atoms with Gasteiger partial charge in [-0.2, -0.15) is 5.26 Å². The molecule has 9 heteroatoms. The van der Waals surface area contributed by atoms with Crippen LogP contribution in [0, 0.1) is 11.3 Å². The van der Waals surface area contributed by atoms with Crippen molar-refractivity contribution in [1.29, 1.82) is 5.26 Å². The third-order valence-corrected chi connectivity index (χ3v) is 5.09. The molecule has 170 valence electrons. The number of rotatable bonds is 7. The lowest BCUT2D eigenvalue weighted by Crippen LogP contribution is -2.60. The van der Waals surface area contributed by atoms with Crippen LogP contribution in [0.2, 0.25) is 0 Å². The number of methoxy groups -OCH3 is 2. The molecule has 3 rings (SSSR count). The second-order valence-corrected chi connectivity index (χ2v) is 7.13. The van der Waals surface area contributed by atoms with Crippen LogP contribution in [0.3, 0.4) is 0 Å². The maximum atomic E-state index is 10.3. The zero-order valence-electron chi connectivity index (χ0n) is 17.6. The third-order valence-electron chi connectivity index (χ3n) is 5.09. The first kappa shape index (κ1) is 23.5. The summed E-state index contributed by atoms with van der Waals surface area (Å²) in [6.07, 6.45) is -3.62. The summed E-state index contributed by atoms with van der Waals surface area (Å²) in [4.78, 5) is 0. The number of hydrogen-bond donors (Lipinski definition) is 4. The van der Waals surface area contributed by atoms with Crippen LogP contribution < -0.4 is 14.2 Å². The SMILES string of the molecule is COc1cc(/C=C/c2ccc(C#N)cc2)c(OC2O[C@H](CO)[C@@H](O)[C@H](O)[C@H]2O)c(OC)c1. The highest BCUT2D eigenvalue weighted by Crippen LogP contribution is 2.39. The average molecular weight is 443 g/mol. The fourth-order valence-corrected chi connectivity index (χ4v) is 3.25. The fourth-order valence-electron chi connectivity index (χ4n) is 3.25. The van der Waals surface area contributed by atoms with Gasteiger partial charge >= 0.3 is 0 Å². The largest absolute Gasteiger partial charge is 0.497 e. The molecule has 2 aromatic rings. The smallest absolute Gasteiger partial charge is 0.229 e. The molecule has 1 saturated heterocycles. The first-order valence-corrected chi connectivity index (χ1v) is 9.83. The van der Waals surface area contributed by atoms with Crippen LogP contribution in [-0.2, 0) is 4.74 Å². The molecule has 0 radical (unpaired) electrons. The minimum atomic E-state index is -1.58. The molecule has 9 nitrogen and oxygen atoms in total. The van der Waals surface area contributed by atoms with Crippen LogP contribution >= 0.6 is 0 Å². The van der Waals surface area contributed by atoms with Crippen molar-refractivity contribution in [2.24, 2.45) is 0 Å². The van der Waals surface area contributed by atoms with Crippen molar-refractivity contribution in [1.82, 2.24) is 0 Å². The van der Waals surface area contributed by atoms with Gasteiger partial charge in [-0.1, -0.05) is 24.3 Å². The molecular formula is C23H25NO8. The summed E-state index contributed by atoms with van der Waals surface area (Å²) in [7, 11) is 2.93. The van der Waals surface area contributed by atoms with E-state index in [2.05, 4.69) is 6.07 Å². The zero-order chi connectivity index (χ0) is 23.3. The Morgan fingerprint density at radius 2 is 1.72 bits per heavy atom. The quantitative estimate of drug-likeness (QED) is 0.460. The standard InChI is InChI=1S/C23H25NO8/c1-29-16-9-15(8-7-13-3-5-14(11-24)6-4-13)22(17(10-16)30-2)32-23-21(28)20(27)19(26)18(12-25)31-23/h3-10,18-21,23,25-28H,12H2,1-2H3/b8-7+/t18-,19-,20+,21-,23?/m1/s1. The highest BCUT2D eigenvalue weighted by molar-refractivity contribution is 5.75. The van der Waals surface area contributed by atoms with E-state index in [0.717, 1.165) is 5.56 Å². The third kappa shape index (κ3) is 5.02. The minimum Gasteiger partial charge on any atom is -0.497 e. The van der Waals surface area contributed by atoms with E-state index in [1.54, 1.807) is 48.6 Å². The van der Waals surface area contributed by atoms with Gasteiger partial charge in [-0.05, 0) is 23.8 Å². The average Bonchev–Trinajstić information content (AvgIpc) is 2.83. The number of ether oxygens (including phenoxy) is 4. The number of nitrogens with zero attached hydrogens (tertiary/aromatic N) is 1. The van der Waals surface area contributed by atoms with Gasteiger partial charge in [-0.15, -0.1) is 0 Å². The van der Waals surface area contributed by atoms with Gasteiger partial charge in [0.2, 0.25) is 6.29 Å². The zero-order valence-corrected chi connectivity index (χ0v) is 17.6. The molecule has 32 heavy (non-hydrogen) atoms. The highest BCUT2D eigenvalue weighted by Gasteiger charge is 2.45. The summed E-state index contributed by atoms with van der Waals surface area (Å²) in [5.74, 6) is 0.964. The van der Waals surface area contributed by atoms with Gasteiger partial charge in [-0.25, -0.2) is 0 Å². The second kappa shape index (κ2) is 10.5. The topological polar surface area (TPSA) is 142 Å². The summed E-state index contributed by atoms with van der Waals surface area (Å²) < 4.78 is 22.1. The van der Waals surface area contributed by atoms with Crippen LogP contribution in [0.15, 0.2) is 36.4 Å². The first-order chi connectivity index (χ1) is 15.4. The Morgan fingerprint density at radius 3 is 2.31 bits per heavy atom. The van der Waals surface area contributed by atoms with E-state index in [1.807, 2.05) is 0 Å². The van der Waals surface area contributed by atoms with E-state index in [4.69, 9.17) is 24.2 Å². The van der Waals surface area contributed by atoms with Crippen molar-refractivity contribution in [2.75, 3.05) is 20.8 Å². The van der Waals surface area contributed by atoms with Crippen molar-refractivity contribution in [3.05, 3.63) is 53.1 Å². The maximum Gasteiger partial charge on any atom is 0.229 e. The summed E-state index contributed by atoms with van der Waals surface area (Å²) in [6.45, 7) is -0.573. The Balaban J connectivity index is 1.96. The Labute approximate surface area is 185 Å². The molecule has 5 atom stereocenters. The first-order valence-electron chi connectivity index (χ1n) is 9.83. The lowest BCUT2D eigenvalue weighted by molar-refractivity contribution is -0.277. The molecule has 2 aromatic carbocycles. The van der Waals surface area contributed by atoms with Gasteiger partial charge < -0.3 is 39.4 Å². The molecular weight excluding hydrogens is 418 g/mol. The second-order valence-electron chi connectivity index (χ2n) is 7.13. The van der Waals surface area contributed by atoms with Crippen LogP contribution in [0.5, 0.6) is 17.2 Å². The van der Waals surface area contributed by atoms with Gasteiger partial charge in [0.05, 0.1) is 32.5 Å². The van der Waals surface area contributed by atoms with Crippen molar-refractivity contribution < 1.29 is 39.4 Å². The summed E-state index contributed by atoms with van der Waals surface area (Å²) in [5.41, 5.74) is 1.88. The van der Waals surface area contributed by atoms with E-state index in [0.29, 0.717) is 16.9 Å². The van der Waals surface area contributed by atoms with E-state index < -0.39 is 37.3 Å². The van der Waals surface area contributed by atoms with E-state index in [1.165, 1.54) is 14.2 Å². The molecule has 0 aromatic heterocycles. The lowest BCUT2D eigenvalue weighted by atomic mass is 9.99. The van der Waals surface area contributed by atoms with Crippen molar-refractivity contribution in [3.8, 4) is 23.3 Å². The number of nitriles is 1. The number of aliphatic hydroxyl groups excluding tert-OH is 4. The summed E-state index contributed by atoms with van der Waals surface area (Å²) >= 11 is 0. The predicted molar refractivity (Wildman–Crippen MR) is 114 cm³/mol. The van der Waals surface area contributed by atoms with Gasteiger partial charge in [0.1, 0.15) is 30.2 Å². The lowest BCUT2D eigenvalue weighted by Gasteiger charge is -2.39. The molecule has 1 aliphatic heterocycles. The molecule has 0 amide bonds. The van der Waals surface area contributed by atoms with E-state index in [-0.39, 0.29) is 11.5 Å². The van der Waals surface area contributed by atoms with Gasteiger partial charge in [-0.3, -0.25) is 0 Å². The minimum absolute atomic E-state index is 0.197. The van der Waals surface area contributed by atoms with Gasteiger partial charge in [0.25, 0.3) is 0 Å². The van der Waals surface area contributed by atoms with Crippen molar-refractivity contribution in [2.45, 2.75) is 30.7 Å². The highest BCUT2D eigenvalue weighted by atomic mass is 16.7. The van der Waals surface area contributed by atoms with Crippen LogP contribution in [-0.4, -0.2) is 72.0 Å². The number of aliphatic hydroxyl groups is 4. The van der Waals surface area contributed by atoms with Gasteiger partial charge in [0, 0.05) is 11.6 Å². The number of hydrogen-bond acceptors (Lipinski definition) is 9. The Bertz CT molecular complexity index is 983. The predicted octanol–water partition coefficient (Wildman–Crippen LogP) is 0.925. The Hall–Kier alpha value is -3.13. The fraction of sp³-hybridized carbons (Fsp3) is 0.348. The van der Waals surface area contributed by atoms with E-state index in [9.17, 15) is 20.4 Å². The van der Waals surface area contributed by atoms with Crippen molar-refractivity contribution in [3.63, 3.8) is 0 Å². The molecule has 0 saturated carbocycles. The Kier molecular flexibility index (Phi) is 7.69. The Morgan fingerprint density at radius 1 is 1.00 bits per heavy atom. The molecule has 1 fully saturated rings. The molecule has 4 N–H and O–H groups in total. The molecule has 0 bridgehead atoms. The monoisotopic (exact) mass is 443 g/mol. The molecule has 0 spiro atoms. The van der Waals surface area contributed by atoms with Crippen LogP contribution in [0.1, 0.15) is 16.7 Å². The number of benzene rings is 2. The van der Waals surface area contributed by atoms with E-state index >= 15 is 0 Å². The maximum absolute atomic E-state index is 10.3. The normalized spacial score (nSPS) is 25.3. The van der Waals surface area contributed by atoms with Crippen molar-refractivity contribution >= 4 is 12.2 Å². The summed E-state index contributed by atoms with van der Waals surface area (Å²) in [6, 6.07) is 12.3. The van der Waals surface area contributed by atoms with Gasteiger partial charge in [0.15, 0.2) is 11.5 Å². The molecule has 0 aliphatic carbocycles. The molecule has 1 heterocycles. The van der Waals surface area contributed by atoms with Crippen LogP contribution in [0.25, 0.3) is 12.2 Å².